The third-order valence-electron chi connectivity index (χ3n) is 4.59. The van der Waals surface area contributed by atoms with E-state index in [1.165, 1.54) is 12.8 Å². The summed E-state index contributed by atoms with van der Waals surface area (Å²) in [5, 5.41) is 9.14. The first-order valence-electron chi connectivity index (χ1n) is 8.27. The average Bonchev–Trinajstić information content (AvgIpc) is 3.12. The molecule has 2 heterocycles. The van der Waals surface area contributed by atoms with Crippen molar-refractivity contribution in [3.8, 4) is 5.75 Å². The van der Waals surface area contributed by atoms with Crippen LogP contribution in [-0.2, 0) is 4.79 Å². The minimum Gasteiger partial charge on any atom is -0.484 e. The van der Waals surface area contributed by atoms with Crippen LogP contribution in [-0.4, -0.2) is 45.5 Å². The van der Waals surface area contributed by atoms with Crippen molar-refractivity contribution in [1.29, 1.82) is 0 Å². The van der Waals surface area contributed by atoms with Crippen LogP contribution in [0.25, 0.3) is 0 Å². The molecule has 1 unspecified atom stereocenters. The molecule has 1 amide bonds. The maximum absolute atomic E-state index is 12.3. The molecule has 7 heteroatoms. The lowest BCUT2D eigenvalue weighted by atomic mass is 10.2. The summed E-state index contributed by atoms with van der Waals surface area (Å²) < 4.78 is 7.45. The van der Waals surface area contributed by atoms with Gasteiger partial charge in [-0.25, -0.2) is 4.68 Å². The van der Waals surface area contributed by atoms with E-state index in [1.807, 2.05) is 15.8 Å². The molecule has 0 radical (unpaired) electrons. The lowest BCUT2D eigenvalue weighted by Gasteiger charge is -2.16. The van der Waals surface area contributed by atoms with E-state index in [1.54, 1.807) is 24.3 Å². The van der Waals surface area contributed by atoms with E-state index in [0.717, 1.165) is 18.7 Å². The molecule has 1 aromatic carbocycles. The quantitative estimate of drug-likeness (QED) is 0.835. The first-order valence-corrected chi connectivity index (χ1v) is 8.65. The number of rotatable bonds is 5. The van der Waals surface area contributed by atoms with Crippen molar-refractivity contribution >= 4 is 17.5 Å². The number of benzene rings is 1. The summed E-state index contributed by atoms with van der Waals surface area (Å²) in [5.74, 6) is 1.24. The SMILES string of the molecule is O=C(COc1ccc(Cl)cc1)N1CCC(n2cc(C3CC3)nn2)C1. The number of ether oxygens (including phenoxy) is 1. The number of halogens is 1. The van der Waals surface area contributed by atoms with E-state index in [4.69, 9.17) is 16.3 Å². The Balaban J connectivity index is 1.30. The van der Waals surface area contributed by atoms with Crippen molar-refractivity contribution in [3.63, 3.8) is 0 Å². The highest BCUT2D eigenvalue weighted by molar-refractivity contribution is 6.30. The smallest absolute Gasteiger partial charge is 0.260 e. The molecule has 2 fully saturated rings. The summed E-state index contributed by atoms with van der Waals surface area (Å²) >= 11 is 5.83. The molecule has 0 spiro atoms. The van der Waals surface area contributed by atoms with Gasteiger partial charge in [-0.3, -0.25) is 4.79 Å². The second kappa shape index (κ2) is 6.43. The number of carbonyl (C=O) groups excluding carboxylic acids is 1. The molecule has 1 saturated heterocycles. The molecule has 1 aromatic heterocycles. The number of likely N-dealkylation sites (tertiary alicyclic amines) is 1. The van der Waals surface area contributed by atoms with Crippen LogP contribution < -0.4 is 4.74 Å². The average molecular weight is 347 g/mol. The standard InChI is InChI=1S/C17H19ClN4O2/c18-13-3-5-15(6-4-13)24-11-17(23)21-8-7-14(9-21)22-10-16(19-20-22)12-1-2-12/h3-6,10,12,14H,1-2,7-9,11H2. The topological polar surface area (TPSA) is 60.2 Å². The van der Waals surface area contributed by atoms with Gasteiger partial charge < -0.3 is 9.64 Å². The predicted molar refractivity (Wildman–Crippen MR) is 89.2 cm³/mol. The van der Waals surface area contributed by atoms with Crippen molar-refractivity contribution in [2.24, 2.45) is 0 Å². The van der Waals surface area contributed by atoms with Crippen LogP contribution in [0, 0.1) is 0 Å². The van der Waals surface area contributed by atoms with Crippen LogP contribution in [0.15, 0.2) is 30.5 Å². The second-order valence-electron chi connectivity index (χ2n) is 6.42. The summed E-state index contributed by atoms with van der Waals surface area (Å²) in [4.78, 5) is 14.1. The zero-order valence-electron chi connectivity index (χ0n) is 13.3. The molecule has 0 bridgehead atoms. The Kier molecular flexibility index (Phi) is 4.14. The molecule has 4 rings (SSSR count). The second-order valence-corrected chi connectivity index (χ2v) is 6.86. The highest BCUT2D eigenvalue weighted by Gasteiger charge is 2.31. The molecule has 2 aromatic rings. The molecule has 1 aliphatic carbocycles. The highest BCUT2D eigenvalue weighted by atomic mass is 35.5. The van der Waals surface area contributed by atoms with Gasteiger partial charge in [0.1, 0.15) is 5.75 Å². The Morgan fingerprint density at radius 3 is 2.79 bits per heavy atom. The van der Waals surface area contributed by atoms with Gasteiger partial charge in [0.2, 0.25) is 0 Å². The molecule has 1 aliphatic heterocycles. The lowest BCUT2D eigenvalue weighted by molar-refractivity contribution is -0.132. The zero-order chi connectivity index (χ0) is 16.5. The summed E-state index contributed by atoms with van der Waals surface area (Å²) in [5.41, 5.74) is 1.09. The number of nitrogens with zero attached hydrogens (tertiary/aromatic N) is 4. The van der Waals surface area contributed by atoms with Gasteiger partial charge in [0.15, 0.2) is 6.61 Å². The Labute approximate surface area is 145 Å². The van der Waals surface area contributed by atoms with Crippen molar-refractivity contribution in [2.45, 2.75) is 31.2 Å². The molecule has 6 nitrogen and oxygen atoms in total. The normalized spacial score (nSPS) is 20.4. The van der Waals surface area contributed by atoms with Gasteiger partial charge in [-0.15, -0.1) is 5.10 Å². The molecule has 0 N–H and O–H groups in total. The number of hydrogen-bond acceptors (Lipinski definition) is 4. The van der Waals surface area contributed by atoms with E-state index in [-0.39, 0.29) is 18.6 Å². The van der Waals surface area contributed by atoms with E-state index >= 15 is 0 Å². The number of amides is 1. The van der Waals surface area contributed by atoms with Crippen molar-refractivity contribution in [2.75, 3.05) is 19.7 Å². The predicted octanol–water partition coefficient (Wildman–Crippen LogP) is 2.66. The fraction of sp³-hybridized carbons (Fsp3) is 0.471. The maximum Gasteiger partial charge on any atom is 0.260 e. The van der Waals surface area contributed by atoms with Crippen LogP contribution in [0.5, 0.6) is 5.75 Å². The molecule has 1 atom stereocenters. The molecule has 126 valence electrons. The first kappa shape index (κ1) is 15.4. The van der Waals surface area contributed by atoms with Gasteiger partial charge in [-0.2, -0.15) is 0 Å². The first-order chi connectivity index (χ1) is 11.7. The van der Waals surface area contributed by atoms with Crippen molar-refractivity contribution in [3.05, 3.63) is 41.2 Å². The zero-order valence-corrected chi connectivity index (χ0v) is 14.0. The van der Waals surface area contributed by atoms with Crippen LogP contribution >= 0.6 is 11.6 Å². The van der Waals surface area contributed by atoms with Crippen LogP contribution in [0.1, 0.15) is 36.9 Å². The fourth-order valence-corrected chi connectivity index (χ4v) is 3.11. The van der Waals surface area contributed by atoms with Crippen LogP contribution in [0.2, 0.25) is 5.02 Å². The van der Waals surface area contributed by atoms with Gasteiger partial charge in [0.05, 0.1) is 11.7 Å². The van der Waals surface area contributed by atoms with Gasteiger partial charge in [-0.1, -0.05) is 16.8 Å². The fourth-order valence-electron chi connectivity index (χ4n) is 2.99. The van der Waals surface area contributed by atoms with E-state index in [2.05, 4.69) is 10.3 Å². The van der Waals surface area contributed by atoms with Gasteiger partial charge in [-0.05, 0) is 43.5 Å². The third kappa shape index (κ3) is 3.38. The Hall–Kier alpha value is -2.08. The number of carbonyl (C=O) groups is 1. The minimum absolute atomic E-state index is 0.00465. The summed E-state index contributed by atoms with van der Waals surface area (Å²) in [6, 6.07) is 7.23. The molecular weight excluding hydrogens is 328 g/mol. The Bertz CT molecular complexity index is 726. The van der Waals surface area contributed by atoms with E-state index < -0.39 is 0 Å². The monoisotopic (exact) mass is 346 g/mol. The summed E-state index contributed by atoms with van der Waals surface area (Å²) in [6.07, 6.45) is 5.38. The van der Waals surface area contributed by atoms with Crippen molar-refractivity contribution < 1.29 is 9.53 Å². The minimum atomic E-state index is -0.00465. The van der Waals surface area contributed by atoms with Gasteiger partial charge in [0.25, 0.3) is 5.91 Å². The number of aromatic nitrogens is 3. The van der Waals surface area contributed by atoms with Crippen LogP contribution in [0.4, 0.5) is 0 Å². The van der Waals surface area contributed by atoms with Crippen LogP contribution in [0.3, 0.4) is 0 Å². The van der Waals surface area contributed by atoms with Gasteiger partial charge >= 0.3 is 0 Å². The molecule has 1 saturated carbocycles. The largest absolute Gasteiger partial charge is 0.484 e. The number of hydrogen-bond donors (Lipinski definition) is 0. The third-order valence-corrected chi connectivity index (χ3v) is 4.84. The van der Waals surface area contributed by atoms with Crippen molar-refractivity contribution in [1.82, 2.24) is 19.9 Å². The lowest BCUT2D eigenvalue weighted by Crippen LogP contribution is -2.33. The summed E-state index contributed by atoms with van der Waals surface area (Å²) in [7, 11) is 0. The molecular formula is C17H19ClN4O2. The maximum atomic E-state index is 12.3. The summed E-state index contributed by atoms with van der Waals surface area (Å²) in [6.45, 7) is 1.43. The van der Waals surface area contributed by atoms with Gasteiger partial charge in [0, 0.05) is 30.2 Å². The highest BCUT2D eigenvalue weighted by Crippen LogP contribution is 2.39. The van der Waals surface area contributed by atoms with E-state index in [9.17, 15) is 4.79 Å². The Morgan fingerprint density at radius 1 is 1.25 bits per heavy atom. The Morgan fingerprint density at radius 2 is 2.04 bits per heavy atom. The van der Waals surface area contributed by atoms with E-state index in [0.29, 0.717) is 23.2 Å². The molecule has 2 aliphatic rings. The molecule has 24 heavy (non-hydrogen) atoms.